The fraction of sp³-hybridized carbons (Fsp3) is 0.381. The molecule has 1 fully saturated rings. The first-order valence-corrected chi connectivity index (χ1v) is 9.47. The van der Waals surface area contributed by atoms with Crippen LogP contribution in [-0.2, 0) is 4.74 Å². The molecule has 1 saturated heterocycles. The van der Waals surface area contributed by atoms with Crippen molar-refractivity contribution in [3.63, 3.8) is 0 Å². The van der Waals surface area contributed by atoms with Gasteiger partial charge in [0.15, 0.2) is 5.78 Å². The van der Waals surface area contributed by atoms with E-state index in [0.717, 1.165) is 5.56 Å². The van der Waals surface area contributed by atoms with Gasteiger partial charge in [-0.2, -0.15) is 0 Å². The minimum Gasteiger partial charge on any atom is -0.508 e. The molecule has 5 N–H and O–H groups in total. The van der Waals surface area contributed by atoms with Crippen molar-refractivity contribution in [3.8, 4) is 17.2 Å². The predicted molar refractivity (Wildman–Crippen MR) is 101 cm³/mol. The topological polar surface area (TPSA) is 146 Å². The number of hydrogen-bond acceptors (Lipinski definition) is 9. The maximum absolute atomic E-state index is 12.5. The quantitative estimate of drug-likeness (QED) is 0.472. The molecule has 160 valence electrons. The highest BCUT2D eigenvalue weighted by molar-refractivity contribution is 6.00. The van der Waals surface area contributed by atoms with Crippen LogP contribution in [-0.4, -0.2) is 68.6 Å². The average molecular weight is 418 g/mol. The Morgan fingerprint density at radius 2 is 1.73 bits per heavy atom. The van der Waals surface area contributed by atoms with Crippen LogP contribution in [0.3, 0.4) is 0 Å². The van der Waals surface area contributed by atoms with E-state index in [1.165, 1.54) is 30.3 Å². The maximum Gasteiger partial charge on any atom is 0.229 e. The van der Waals surface area contributed by atoms with Gasteiger partial charge in [-0.3, -0.25) is 4.79 Å². The van der Waals surface area contributed by atoms with E-state index in [2.05, 4.69) is 0 Å². The number of carbonyl (C=O) groups is 1. The number of carbonyl (C=O) groups excluding carboxylic acids is 1. The van der Waals surface area contributed by atoms with Gasteiger partial charge in [0.05, 0.1) is 18.6 Å². The molecule has 2 aromatic carbocycles. The largest absolute Gasteiger partial charge is 0.508 e. The number of Topliss-reactive ketones (excluding diaryl/α,β-unsaturated/α-hetero) is 1. The fourth-order valence-electron chi connectivity index (χ4n) is 3.55. The Kier molecular flexibility index (Phi) is 5.63. The van der Waals surface area contributed by atoms with E-state index in [1.807, 2.05) is 0 Å². The van der Waals surface area contributed by atoms with Gasteiger partial charge in [-0.25, -0.2) is 0 Å². The summed E-state index contributed by atoms with van der Waals surface area (Å²) in [6.45, 7) is -0.569. The molecule has 9 nitrogen and oxygen atoms in total. The van der Waals surface area contributed by atoms with Gasteiger partial charge in [-0.1, -0.05) is 12.1 Å². The molecule has 0 unspecified atom stereocenters. The Balaban J connectivity index is 1.54. The molecular weight excluding hydrogens is 396 g/mol. The van der Waals surface area contributed by atoms with Crippen LogP contribution in [0.15, 0.2) is 42.5 Å². The van der Waals surface area contributed by atoms with Gasteiger partial charge in [0.1, 0.15) is 47.8 Å². The zero-order chi connectivity index (χ0) is 21.4. The molecule has 30 heavy (non-hydrogen) atoms. The Morgan fingerprint density at radius 1 is 1.00 bits per heavy atom. The Morgan fingerprint density at radius 3 is 2.43 bits per heavy atom. The standard InChI is InChI=1S/C21H22O9/c22-9-17-18(25)19(26)20(27)21(30-17)28-12-5-6-13-14(24)8-15(29-16(13)7-12)10-1-3-11(23)4-2-10/h1-7,15,17-23,25-27H,8-9H2/t15-,17-,18-,19+,20-,21+/m1/s1. The van der Waals surface area contributed by atoms with Crippen molar-refractivity contribution in [2.24, 2.45) is 0 Å². The van der Waals surface area contributed by atoms with Crippen molar-refractivity contribution in [3.05, 3.63) is 53.6 Å². The number of hydrogen-bond donors (Lipinski definition) is 5. The molecule has 0 aliphatic carbocycles. The monoisotopic (exact) mass is 418 g/mol. The van der Waals surface area contributed by atoms with Crippen LogP contribution in [0.1, 0.15) is 28.4 Å². The first-order valence-electron chi connectivity index (χ1n) is 9.47. The van der Waals surface area contributed by atoms with Crippen LogP contribution in [0, 0.1) is 0 Å². The Hall–Kier alpha value is -2.69. The highest BCUT2D eigenvalue weighted by Gasteiger charge is 2.44. The molecule has 0 aromatic heterocycles. The van der Waals surface area contributed by atoms with Crippen molar-refractivity contribution in [2.45, 2.75) is 43.2 Å². The lowest BCUT2D eigenvalue weighted by Crippen LogP contribution is -2.60. The van der Waals surface area contributed by atoms with Gasteiger partial charge in [-0.15, -0.1) is 0 Å². The van der Waals surface area contributed by atoms with Crippen molar-refractivity contribution in [2.75, 3.05) is 6.61 Å². The van der Waals surface area contributed by atoms with Gasteiger partial charge >= 0.3 is 0 Å². The Labute approximate surface area is 171 Å². The smallest absolute Gasteiger partial charge is 0.229 e. The van der Waals surface area contributed by atoms with Crippen LogP contribution in [0.25, 0.3) is 0 Å². The molecule has 0 radical (unpaired) electrons. The van der Waals surface area contributed by atoms with E-state index in [1.54, 1.807) is 12.1 Å². The molecule has 4 rings (SSSR count). The van der Waals surface area contributed by atoms with E-state index in [0.29, 0.717) is 5.56 Å². The summed E-state index contributed by atoms with van der Waals surface area (Å²) in [5.41, 5.74) is 1.11. The van der Waals surface area contributed by atoms with Crippen molar-refractivity contribution in [1.29, 1.82) is 0 Å². The lowest BCUT2D eigenvalue weighted by Gasteiger charge is -2.39. The summed E-state index contributed by atoms with van der Waals surface area (Å²) >= 11 is 0. The Bertz CT molecular complexity index is 911. The number of benzene rings is 2. The third-order valence-electron chi connectivity index (χ3n) is 5.26. The average Bonchev–Trinajstić information content (AvgIpc) is 2.74. The third-order valence-corrected chi connectivity index (χ3v) is 5.26. The highest BCUT2D eigenvalue weighted by atomic mass is 16.7. The minimum atomic E-state index is -1.56. The second kappa shape index (κ2) is 8.21. The van der Waals surface area contributed by atoms with Crippen LogP contribution in [0.4, 0.5) is 0 Å². The number of phenols is 1. The zero-order valence-electron chi connectivity index (χ0n) is 15.8. The summed E-state index contributed by atoms with van der Waals surface area (Å²) in [6, 6.07) is 10.9. The van der Waals surface area contributed by atoms with Crippen LogP contribution >= 0.6 is 0 Å². The number of aromatic hydroxyl groups is 1. The lowest BCUT2D eigenvalue weighted by atomic mass is 9.96. The summed E-state index contributed by atoms with van der Waals surface area (Å²) in [6.07, 6.45) is -7.42. The van der Waals surface area contributed by atoms with E-state index >= 15 is 0 Å². The van der Waals surface area contributed by atoms with Gasteiger partial charge in [-0.05, 0) is 29.8 Å². The van der Waals surface area contributed by atoms with Crippen LogP contribution < -0.4 is 9.47 Å². The second-order valence-corrected chi connectivity index (χ2v) is 7.30. The summed E-state index contributed by atoms with van der Waals surface area (Å²) < 4.78 is 16.9. The number of aliphatic hydroxyl groups is 4. The molecular formula is C21H22O9. The molecule has 0 spiro atoms. The third kappa shape index (κ3) is 3.85. The SMILES string of the molecule is O=C1C[C@H](c2ccc(O)cc2)Oc2cc(O[C@H]3O[C@H](CO)[C@@H](O)[C@H](O)[C@H]3O)ccc21. The molecule has 0 saturated carbocycles. The van der Waals surface area contributed by atoms with Crippen molar-refractivity contribution in [1.82, 2.24) is 0 Å². The minimum absolute atomic E-state index is 0.108. The van der Waals surface area contributed by atoms with Crippen molar-refractivity contribution < 1.29 is 44.5 Å². The lowest BCUT2D eigenvalue weighted by molar-refractivity contribution is -0.277. The maximum atomic E-state index is 12.5. The number of ether oxygens (including phenoxy) is 3. The van der Waals surface area contributed by atoms with E-state index in [-0.39, 0.29) is 29.5 Å². The van der Waals surface area contributed by atoms with Gasteiger partial charge in [0.2, 0.25) is 6.29 Å². The molecule has 9 heteroatoms. The summed E-state index contributed by atoms with van der Waals surface area (Å²) in [5.74, 6) is 0.480. The van der Waals surface area contributed by atoms with Gasteiger partial charge in [0.25, 0.3) is 0 Å². The first kappa shape index (κ1) is 20.6. The fourth-order valence-corrected chi connectivity index (χ4v) is 3.55. The summed E-state index contributed by atoms with van der Waals surface area (Å²) in [7, 11) is 0. The van der Waals surface area contributed by atoms with Crippen LogP contribution in [0.2, 0.25) is 0 Å². The second-order valence-electron chi connectivity index (χ2n) is 7.30. The summed E-state index contributed by atoms with van der Waals surface area (Å²) in [4.78, 5) is 12.5. The molecule has 2 heterocycles. The van der Waals surface area contributed by atoms with Gasteiger partial charge < -0.3 is 39.7 Å². The molecule has 2 aliphatic heterocycles. The molecule has 2 aromatic rings. The number of fused-ring (bicyclic) bond motifs is 1. The molecule has 0 bridgehead atoms. The number of aliphatic hydroxyl groups excluding tert-OH is 4. The van der Waals surface area contributed by atoms with Gasteiger partial charge in [0, 0.05) is 6.07 Å². The molecule has 6 atom stereocenters. The van der Waals surface area contributed by atoms with E-state index < -0.39 is 43.4 Å². The zero-order valence-corrected chi connectivity index (χ0v) is 15.8. The van der Waals surface area contributed by atoms with Crippen molar-refractivity contribution >= 4 is 5.78 Å². The number of ketones is 1. The van der Waals surface area contributed by atoms with Crippen LogP contribution in [0.5, 0.6) is 17.2 Å². The van der Waals surface area contributed by atoms with E-state index in [9.17, 15) is 30.3 Å². The molecule has 0 amide bonds. The first-order chi connectivity index (χ1) is 14.4. The number of phenolic OH excluding ortho intramolecular Hbond substituents is 1. The molecule has 2 aliphatic rings. The van der Waals surface area contributed by atoms with E-state index in [4.69, 9.17) is 14.2 Å². The number of rotatable bonds is 4. The normalized spacial score (nSPS) is 31.0. The summed E-state index contributed by atoms with van der Waals surface area (Å²) in [5, 5.41) is 48.6. The highest BCUT2D eigenvalue weighted by Crippen LogP contribution is 2.38. The predicted octanol–water partition coefficient (Wildman–Crippen LogP) is 0.277.